The average molecular weight is 265 g/mol. The maximum atomic E-state index is 6.01. The molecule has 1 aromatic heterocycles. The third kappa shape index (κ3) is 3.06. The molecule has 0 spiro atoms. The van der Waals surface area contributed by atoms with Crippen LogP contribution < -0.4 is 10.5 Å². The number of ether oxygens (including phenoxy) is 1. The number of rotatable bonds is 5. The lowest BCUT2D eigenvalue weighted by Gasteiger charge is -2.09. The highest BCUT2D eigenvalue weighted by Crippen LogP contribution is 2.23. The quantitative estimate of drug-likeness (QED) is 0.902. The van der Waals surface area contributed by atoms with Crippen molar-refractivity contribution in [1.82, 2.24) is 4.57 Å². The van der Waals surface area contributed by atoms with E-state index < -0.39 is 0 Å². The minimum Gasteiger partial charge on any atom is -0.496 e. The van der Waals surface area contributed by atoms with Crippen LogP contribution in [0.5, 0.6) is 5.75 Å². The van der Waals surface area contributed by atoms with E-state index in [0.717, 1.165) is 29.3 Å². The molecule has 0 aliphatic carbocycles. The van der Waals surface area contributed by atoms with Crippen LogP contribution in [0.15, 0.2) is 36.7 Å². The molecule has 0 radical (unpaired) electrons. The zero-order chi connectivity index (χ0) is 13.0. The lowest BCUT2D eigenvalue weighted by Crippen LogP contribution is -2.02. The van der Waals surface area contributed by atoms with Crippen LogP contribution in [-0.2, 0) is 13.0 Å². The van der Waals surface area contributed by atoms with Crippen LogP contribution in [0.1, 0.15) is 11.1 Å². The molecule has 18 heavy (non-hydrogen) atoms. The summed E-state index contributed by atoms with van der Waals surface area (Å²) in [5.74, 6) is 0.855. The molecule has 3 nitrogen and oxygen atoms in total. The third-order valence-electron chi connectivity index (χ3n) is 2.84. The van der Waals surface area contributed by atoms with Crippen LogP contribution in [-0.4, -0.2) is 18.2 Å². The van der Waals surface area contributed by atoms with Crippen molar-refractivity contribution in [3.63, 3.8) is 0 Å². The van der Waals surface area contributed by atoms with Crippen LogP contribution in [0.4, 0.5) is 0 Å². The third-order valence-corrected chi connectivity index (χ3v) is 3.08. The first-order chi connectivity index (χ1) is 8.72. The predicted octanol–water partition coefficient (Wildman–Crippen LogP) is 2.70. The highest BCUT2D eigenvalue weighted by Gasteiger charge is 2.05. The van der Waals surface area contributed by atoms with E-state index in [2.05, 4.69) is 16.8 Å². The Morgan fingerprint density at radius 1 is 1.33 bits per heavy atom. The summed E-state index contributed by atoms with van der Waals surface area (Å²) < 4.78 is 7.45. The normalized spacial score (nSPS) is 10.6. The van der Waals surface area contributed by atoms with Crippen molar-refractivity contribution in [2.45, 2.75) is 13.0 Å². The summed E-state index contributed by atoms with van der Waals surface area (Å²) in [4.78, 5) is 0. The monoisotopic (exact) mass is 264 g/mol. The SMILES string of the molecule is COc1ccc(Cl)cc1Cn1ccc(CCN)c1. The Morgan fingerprint density at radius 2 is 2.17 bits per heavy atom. The Kier molecular flexibility index (Phi) is 4.28. The van der Waals surface area contributed by atoms with Crippen molar-refractivity contribution >= 4 is 11.6 Å². The van der Waals surface area contributed by atoms with E-state index in [0.29, 0.717) is 6.54 Å². The largest absolute Gasteiger partial charge is 0.496 e. The fraction of sp³-hybridized carbons (Fsp3) is 0.286. The Balaban J connectivity index is 2.19. The molecule has 0 saturated heterocycles. The van der Waals surface area contributed by atoms with Gasteiger partial charge in [-0.25, -0.2) is 0 Å². The molecule has 0 aliphatic rings. The van der Waals surface area contributed by atoms with E-state index >= 15 is 0 Å². The van der Waals surface area contributed by atoms with E-state index in [1.165, 1.54) is 5.56 Å². The summed E-state index contributed by atoms with van der Waals surface area (Å²) in [6.45, 7) is 1.42. The molecular formula is C14H17ClN2O. The first kappa shape index (κ1) is 13.0. The van der Waals surface area contributed by atoms with Gasteiger partial charge in [0.1, 0.15) is 5.75 Å². The number of halogens is 1. The molecule has 0 aliphatic heterocycles. The van der Waals surface area contributed by atoms with Gasteiger partial charge in [0, 0.05) is 23.0 Å². The molecule has 0 saturated carbocycles. The van der Waals surface area contributed by atoms with Gasteiger partial charge in [0.05, 0.1) is 13.7 Å². The predicted molar refractivity (Wildman–Crippen MR) is 74.3 cm³/mol. The second-order valence-electron chi connectivity index (χ2n) is 4.19. The maximum Gasteiger partial charge on any atom is 0.123 e. The first-order valence-electron chi connectivity index (χ1n) is 5.90. The van der Waals surface area contributed by atoms with Gasteiger partial charge in [0.2, 0.25) is 0 Å². The minimum absolute atomic E-state index is 0.671. The standard InChI is InChI=1S/C14H17ClN2O/c1-18-14-3-2-13(15)8-12(14)10-17-7-5-11(9-17)4-6-16/h2-3,5,7-9H,4,6,10,16H2,1H3. The van der Waals surface area contributed by atoms with Crippen molar-refractivity contribution in [1.29, 1.82) is 0 Å². The van der Waals surface area contributed by atoms with E-state index in [4.69, 9.17) is 22.1 Å². The first-order valence-corrected chi connectivity index (χ1v) is 6.28. The van der Waals surface area contributed by atoms with Crippen molar-refractivity contribution < 1.29 is 4.74 Å². The summed E-state index contributed by atoms with van der Waals surface area (Å²) in [6, 6.07) is 7.74. The summed E-state index contributed by atoms with van der Waals surface area (Å²) >= 11 is 6.01. The molecule has 96 valence electrons. The maximum absolute atomic E-state index is 6.01. The van der Waals surface area contributed by atoms with Gasteiger partial charge in [0.25, 0.3) is 0 Å². The lowest BCUT2D eigenvalue weighted by atomic mass is 10.2. The number of benzene rings is 1. The fourth-order valence-corrected chi connectivity index (χ4v) is 2.17. The Morgan fingerprint density at radius 3 is 2.89 bits per heavy atom. The smallest absolute Gasteiger partial charge is 0.123 e. The van der Waals surface area contributed by atoms with Gasteiger partial charge in [-0.3, -0.25) is 0 Å². The highest BCUT2D eigenvalue weighted by molar-refractivity contribution is 6.30. The molecule has 2 aromatic rings. The van der Waals surface area contributed by atoms with E-state index in [9.17, 15) is 0 Å². The zero-order valence-corrected chi connectivity index (χ0v) is 11.2. The van der Waals surface area contributed by atoms with Gasteiger partial charge >= 0.3 is 0 Å². The number of methoxy groups -OCH3 is 1. The van der Waals surface area contributed by atoms with Gasteiger partial charge in [-0.05, 0) is 42.8 Å². The lowest BCUT2D eigenvalue weighted by molar-refractivity contribution is 0.408. The van der Waals surface area contributed by atoms with Crippen LogP contribution in [0.2, 0.25) is 5.02 Å². The Hall–Kier alpha value is -1.45. The van der Waals surface area contributed by atoms with E-state index in [-0.39, 0.29) is 0 Å². The van der Waals surface area contributed by atoms with Gasteiger partial charge in [0.15, 0.2) is 0 Å². The number of aromatic nitrogens is 1. The Bertz CT molecular complexity index is 522. The highest BCUT2D eigenvalue weighted by atomic mass is 35.5. The molecule has 1 heterocycles. The number of hydrogen-bond donors (Lipinski definition) is 1. The second kappa shape index (κ2) is 5.94. The van der Waals surface area contributed by atoms with Gasteiger partial charge < -0.3 is 15.0 Å². The van der Waals surface area contributed by atoms with Crippen molar-refractivity contribution in [2.75, 3.05) is 13.7 Å². The molecule has 1 aromatic carbocycles. The summed E-state index contributed by atoms with van der Waals surface area (Å²) in [6.07, 6.45) is 5.05. The van der Waals surface area contributed by atoms with Gasteiger partial charge in [-0.2, -0.15) is 0 Å². The second-order valence-corrected chi connectivity index (χ2v) is 4.62. The summed E-state index contributed by atoms with van der Waals surface area (Å²) in [5, 5.41) is 0.722. The summed E-state index contributed by atoms with van der Waals surface area (Å²) in [5.41, 5.74) is 7.86. The molecular weight excluding hydrogens is 248 g/mol. The van der Waals surface area contributed by atoms with Crippen molar-refractivity contribution in [3.8, 4) is 5.75 Å². The van der Waals surface area contributed by atoms with Crippen LogP contribution in [0.25, 0.3) is 0 Å². The van der Waals surface area contributed by atoms with Crippen molar-refractivity contribution in [3.05, 3.63) is 52.8 Å². The minimum atomic E-state index is 0.671. The Labute approximate surface area is 112 Å². The molecule has 2 N–H and O–H groups in total. The molecule has 0 bridgehead atoms. The molecule has 0 atom stereocenters. The average Bonchev–Trinajstić information content (AvgIpc) is 2.77. The fourth-order valence-electron chi connectivity index (χ4n) is 1.97. The molecule has 0 fully saturated rings. The molecule has 2 rings (SSSR count). The molecule has 0 unspecified atom stereocenters. The van der Waals surface area contributed by atoms with Gasteiger partial charge in [-0.15, -0.1) is 0 Å². The number of hydrogen-bond acceptors (Lipinski definition) is 2. The van der Waals surface area contributed by atoms with Gasteiger partial charge in [-0.1, -0.05) is 11.6 Å². The number of nitrogens with two attached hydrogens (primary N) is 1. The zero-order valence-electron chi connectivity index (χ0n) is 10.4. The van der Waals surface area contributed by atoms with Crippen LogP contribution >= 0.6 is 11.6 Å². The van der Waals surface area contributed by atoms with Crippen molar-refractivity contribution in [2.24, 2.45) is 5.73 Å². The van der Waals surface area contributed by atoms with Crippen LogP contribution in [0.3, 0.4) is 0 Å². The summed E-state index contributed by atoms with van der Waals surface area (Å²) in [7, 11) is 1.67. The molecule has 4 heteroatoms. The topological polar surface area (TPSA) is 40.2 Å². The number of nitrogens with zero attached hydrogens (tertiary/aromatic N) is 1. The van der Waals surface area contributed by atoms with Crippen LogP contribution in [0, 0.1) is 0 Å². The van der Waals surface area contributed by atoms with E-state index in [1.54, 1.807) is 7.11 Å². The van der Waals surface area contributed by atoms with E-state index in [1.807, 2.05) is 24.4 Å². The molecule has 0 amide bonds.